The fourth-order valence-corrected chi connectivity index (χ4v) is 2.91. The van der Waals surface area contributed by atoms with Crippen LogP contribution in [0.2, 0.25) is 0 Å². The van der Waals surface area contributed by atoms with Gasteiger partial charge in [-0.15, -0.1) is 0 Å². The second kappa shape index (κ2) is 5.64. The minimum atomic E-state index is -0.0326. The quantitative estimate of drug-likeness (QED) is 0.861. The highest BCUT2D eigenvalue weighted by atomic mass is 16.1. The van der Waals surface area contributed by atoms with E-state index in [2.05, 4.69) is 24.5 Å². The van der Waals surface area contributed by atoms with E-state index >= 15 is 0 Å². The number of carbonyl (C=O) groups is 1. The maximum absolute atomic E-state index is 11.0. The van der Waals surface area contributed by atoms with Crippen LogP contribution in [-0.4, -0.2) is 11.9 Å². The van der Waals surface area contributed by atoms with Crippen molar-refractivity contribution < 1.29 is 4.79 Å². The summed E-state index contributed by atoms with van der Waals surface area (Å²) in [7, 11) is 0. The van der Waals surface area contributed by atoms with E-state index in [4.69, 9.17) is 0 Å². The van der Waals surface area contributed by atoms with Crippen LogP contribution in [0.25, 0.3) is 0 Å². The molecule has 1 atom stereocenters. The predicted octanol–water partition coefficient (Wildman–Crippen LogP) is 4.03. The highest BCUT2D eigenvalue weighted by molar-refractivity contribution is 5.88. The number of nitrogens with one attached hydrogen (secondary N) is 2. The van der Waals surface area contributed by atoms with Crippen molar-refractivity contribution in [2.75, 3.05) is 10.6 Å². The summed E-state index contributed by atoms with van der Waals surface area (Å²) in [4.78, 5) is 11.0. The van der Waals surface area contributed by atoms with E-state index in [9.17, 15) is 4.79 Å². The second-order valence-electron chi connectivity index (χ2n) is 6.36. The van der Waals surface area contributed by atoms with Gasteiger partial charge in [0.05, 0.1) is 0 Å². The third kappa shape index (κ3) is 4.27. The number of carbonyl (C=O) groups excluding carboxylic acids is 1. The molecule has 0 heterocycles. The Balaban J connectivity index is 1.94. The van der Waals surface area contributed by atoms with E-state index in [0.717, 1.165) is 11.4 Å². The number of hydrogen-bond donors (Lipinski definition) is 2. The van der Waals surface area contributed by atoms with E-state index in [1.165, 1.54) is 32.6 Å². The zero-order valence-electron chi connectivity index (χ0n) is 12.1. The molecule has 0 spiro atoms. The molecule has 0 saturated heterocycles. The van der Waals surface area contributed by atoms with Crippen LogP contribution in [0, 0.1) is 5.41 Å². The topological polar surface area (TPSA) is 41.1 Å². The molecule has 0 bridgehead atoms. The predicted molar refractivity (Wildman–Crippen MR) is 80.4 cm³/mol. The maximum atomic E-state index is 11.0. The van der Waals surface area contributed by atoms with E-state index < -0.39 is 0 Å². The number of anilines is 2. The lowest BCUT2D eigenvalue weighted by molar-refractivity contribution is -0.114. The van der Waals surface area contributed by atoms with Gasteiger partial charge in [-0.2, -0.15) is 0 Å². The van der Waals surface area contributed by atoms with Crippen LogP contribution < -0.4 is 10.6 Å². The summed E-state index contributed by atoms with van der Waals surface area (Å²) in [5.41, 5.74) is 2.44. The van der Waals surface area contributed by atoms with Crippen molar-refractivity contribution in [2.45, 2.75) is 52.5 Å². The van der Waals surface area contributed by atoms with Gasteiger partial charge in [-0.3, -0.25) is 4.79 Å². The Morgan fingerprint density at radius 3 is 2.42 bits per heavy atom. The van der Waals surface area contributed by atoms with Crippen LogP contribution in [0.1, 0.15) is 46.5 Å². The Hall–Kier alpha value is -1.51. The van der Waals surface area contributed by atoms with Crippen molar-refractivity contribution in [1.82, 2.24) is 0 Å². The van der Waals surface area contributed by atoms with Gasteiger partial charge < -0.3 is 10.6 Å². The summed E-state index contributed by atoms with van der Waals surface area (Å²) in [5, 5.41) is 6.39. The fraction of sp³-hybridized carbons (Fsp3) is 0.562. The first-order valence-electron chi connectivity index (χ1n) is 7.09. The number of amides is 1. The van der Waals surface area contributed by atoms with E-state index in [1.807, 2.05) is 24.3 Å². The summed E-state index contributed by atoms with van der Waals surface area (Å²) in [6.07, 6.45) is 5.10. The van der Waals surface area contributed by atoms with E-state index in [-0.39, 0.29) is 5.91 Å². The van der Waals surface area contributed by atoms with Crippen molar-refractivity contribution >= 4 is 17.3 Å². The fourth-order valence-electron chi connectivity index (χ4n) is 2.91. The van der Waals surface area contributed by atoms with Crippen LogP contribution in [0.4, 0.5) is 11.4 Å². The highest BCUT2D eigenvalue weighted by Gasteiger charge is 2.27. The van der Waals surface area contributed by atoms with Gasteiger partial charge in [0.15, 0.2) is 0 Å². The van der Waals surface area contributed by atoms with Gasteiger partial charge >= 0.3 is 0 Å². The normalized spacial score (nSPS) is 21.7. The SMILES string of the molecule is CC(=O)Nc1ccc(NC2CCCC(C)(C)C2)cc1. The molecule has 2 N–H and O–H groups in total. The Bertz CT molecular complexity index is 437. The molecule has 104 valence electrons. The molecule has 1 aromatic carbocycles. The molecule has 1 aromatic rings. The average molecular weight is 260 g/mol. The molecule has 1 unspecified atom stereocenters. The molecule has 0 radical (unpaired) electrons. The van der Waals surface area contributed by atoms with Gasteiger partial charge in [0.25, 0.3) is 0 Å². The molecule has 1 amide bonds. The molecule has 19 heavy (non-hydrogen) atoms. The van der Waals surface area contributed by atoms with Crippen LogP contribution in [0.5, 0.6) is 0 Å². The standard InChI is InChI=1S/C16H24N2O/c1-12(19)17-13-6-8-14(9-7-13)18-15-5-4-10-16(2,3)11-15/h6-9,15,18H,4-5,10-11H2,1-3H3,(H,17,19). The Labute approximate surface area is 115 Å². The molecule has 0 aromatic heterocycles. The first kappa shape index (κ1) is 13.9. The summed E-state index contributed by atoms with van der Waals surface area (Å²) in [5.74, 6) is -0.0326. The van der Waals surface area contributed by atoms with Gasteiger partial charge in [0.1, 0.15) is 0 Å². The van der Waals surface area contributed by atoms with Crippen molar-refractivity contribution in [3.8, 4) is 0 Å². The lowest BCUT2D eigenvalue weighted by Crippen LogP contribution is -2.31. The summed E-state index contributed by atoms with van der Waals surface area (Å²) < 4.78 is 0. The van der Waals surface area contributed by atoms with Gasteiger partial charge in [-0.05, 0) is 48.9 Å². The largest absolute Gasteiger partial charge is 0.382 e. The first-order valence-corrected chi connectivity index (χ1v) is 7.09. The Morgan fingerprint density at radius 2 is 1.84 bits per heavy atom. The summed E-state index contributed by atoms with van der Waals surface area (Å²) in [6.45, 7) is 6.22. The third-order valence-corrected chi connectivity index (χ3v) is 3.78. The van der Waals surface area contributed by atoms with Crippen LogP contribution in [0.3, 0.4) is 0 Å². The number of rotatable bonds is 3. The zero-order valence-corrected chi connectivity index (χ0v) is 12.1. The Morgan fingerprint density at radius 1 is 1.21 bits per heavy atom. The van der Waals surface area contributed by atoms with Crippen molar-refractivity contribution in [2.24, 2.45) is 5.41 Å². The van der Waals surface area contributed by atoms with E-state index in [0.29, 0.717) is 11.5 Å². The van der Waals surface area contributed by atoms with E-state index in [1.54, 1.807) is 0 Å². The molecule has 1 fully saturated rings. The average Bonchev–Trinajstić information content (AvgIpc) is 2.30. The monoisotopic (exact) mass is 260 g/mol. The maximum Gasteiger partial charge on any atom is 0.221 e. The molecular weight excluding hydrogens is 236 g/mol. The summed E-state index contributed by atoms with van der Waals surface area (Å²) >= 11 is 0. The number of hydrogen-bond acceptors (Lipinski definition) is 2. The van der Waals surface area contributed by atoms with Crippen LogP contribution in [-0.2, 0) is 4.79 Å². The molecular formula is C16H24N2O. The van der Waals surface area contributed by atoms with Crippen molar-refractivity contribution in [1.29, 1.82) is 0 Å². The summed E-state index contributed by atoms with van der Waals surface area (Å²) in [6, 6.07) is 8.52. The van der Waals surface area contributed by atoms with Gasteiger partial charge in [0, 0.05) is 24.3 Å². The van der Waals surface area contributed by atoms with Gasteiger partial charge in [0.2, 0.25) is 5.91 Å². The van der Waals surface area contributed by atoms with Crippen molar-refractivity contribution in [3.63, 3.8) is 0 Å². The molecule has 3 heteroatoms. The first-order chi connectivity index (χ1) is 8.94. The van der Waals surface area contributed by atoms with Crippen molar-refractivity contribution in [3.05, 3.63) is 24.3 Å². The highest BCUT2D eigenvalue weighted by Crippen LogP contribution is 2.36. The molecule has 1 aliphatic rings. The van der Waals surface area contributed by atoms with Crippen LogP contribution >= 0.6 is 0 Å². The minimum absolute atomic E-state index is 0.0326. The van der Waals surface area contributed by atoms with Gasteiger partial charge in [-0.1, -0.05) is 20.3 Å². The molecule has 1 aliphatic carbocycles. The molecule has 2 rings (SSSR count). The van der Waals surface area contributed by atoms with Crippen LogP contribution in [0.15, 0.2) is 24.3 Å². The second-order valence-corrected chi connectivity index (χ2v) is 6.36. The molecule has 0 aliphatic heterocycles. The lowest BCUT2D eigenvalue weighted by Gasteiger charge is -2.36. The minimum Gasteiger partial charge on any atom is -0.382 e. The molecule has 3 nitrogen and oxygen atoms in total. The molecule has 1 saturated carbocycles. The zero-order chi connectivity index (χ0) is 13.9. The third-order valence-electron chi connectivity index (χ3n) is 3.78. The van der Waals surface area contributed by atoms with Gasteiger partial charge in [-0.25, -0.2) is 0 Å². The Kier molecular flexibility index (Phi) is 4.13. The lowest BCUT2D eigenvalue weighted by atomic mass is 9.75. The number of benzene rings is 1. The smallest absolute Gasteiger partial charge is 0.221 e.